The minimum Gasteiger partial charge on any atom is -0.465 e. The van der Waals surface area contributed by atoms with Crippen LogP contribution in [0.3, 0.4) is 0 Å². The van der Waals surface area contributed by atoms with E-state index in [4.69, 9.17) is 19.7 Å². The number of nitrogens with zero attached hydrogens (tertiary/aromatic N) is 2. The molecule has 3 rings (SSSR count). The predicted molar refractivity (Wildman–Crippen MR) is 110 cm³/mol. The molecule has 0 radical (unpaired) electrons. The highest BCUT2D eigenvalue weighted by atomic mass is 16.7. The zero-order valence-electron chi connectivity index (χ0n) is 16.5. The van der Waals surface area contributed by atoms with Crippen LogP contribution in [0, 0.1) is 16.7 Å². The van der Waals surface area contributed by atoms with E-state index in [1.54, 1.807) is 67.6 Å². The van der Waals surface area contributed by atoms with E-state index in [0.29, 0.717) is 33.9 Å². The number of ether oxygens (including phenoxy) is 2. The molecule has 3 aromatic rings. The fourth-order valence-electron chi connectivity index (χ4n) is 2.75. The molecule has 0 fully saturated rings. The summed E-state index contributed by atoms with van der Waals surface area (Å²) in [5, 5.41) is 17.4. The summed E-state index contributed by atoms with van der Waals surface area (Å²) in [7, 11) is 1.32. The third-order valence-electron chi connectivity index (χ3n) is 4.19. The largest absolute Gasteiger partial charge is 0.465 e. The van der Waals surface area contributed by atoms with Crippen LogP contribution in [-0.4, -0.2) is 17.8 Å². The molecule has 1 heterocycles. The molecule has 0 aliphatic heterocycles. The summed E-state index contributed by atoms with van der Waals surface area (Å²) in [5.74, 6) is 0.712. The van der Waals surface area contributed by atoms with Crippen LogP contribution in [-0.2, 0) is 9.53 Å². The quantitative estimate of drug-likeness (QED) is 0.496. The van der Waals surface area contributed by atoms with Gasteiger partial charge < -0.3 is 14.3 Å². The van der Waals surface area contributed by atoms with Crippen LogP contribution in [0.15, 0.2) is 72.9 Å². The van der Waals surface area contributed by atoms with Crippen LogP contribution < -0.4 is 15.1 Å². The number of pyridine rings is 1. The van der Waals surface area contributed by atoms with Gasteiger partial charge in [-0.05, 0) is 25.1 Å². The fourth-order valence-corrected chi connectivity index (χ4v) is 2.75. The summed E-state index contributed by atoms with van der Waals surface area (Å²) in [6.45, 7) is 1.74. The average molecular weight is 401 g/mol. The lowest BCUT2D eigenvalue weighted by atomic mass is 10.0. The lowest BCUT2D eigenvalue weighted by Crippen LogP contribution is -2.23. The molecule has 7 heteroatoms. The monoisotopic (exact) mass is 401 g/mol. The van der Waals surface area contributed by atoms with Crippen LogP contribution in [0.25, 0.3) is 5.57 Å². The molecule has 0 aliphatic rings. The number of hydrogen-bond acceptors (Lipinski definition) is 6. The van der Waals surface area contributed by atoms with Crippen LogP contribution in [0.1, 0.15) is 18.1 Å². The van der Waals surface area contributed by atoms with Crippen molar-refractivity contribution < 1.29 is 19.1 Å². The number of benzene rings is 2. The Hall–Kier alpha value is -4.31. The van der Waals surface area contributed by atoms with Crippen molar-refractivity contribution in [3.63, 3.8) is 0 Å². The molecule has 0 atom stereocenters. The maximum atomic E-state index is 12.1. The average Bonchev–Trinajstić information content (AvgIpc) is 2.77. The minimum atomic E-state index is -0.467. The second-order valence-electron chi connectivity index (χ2n) is 6.06. The molecule has 30 heavy (non-hydrogen) atoms. The number of aromatic nitrogens is 1. The maximum absolute atomic E-state index is 12.1. The first-order chi connectivity index (χ1) is 14.6. The van der Waals surface area contributed by atoms with Crippen molar-refractivity contribution in [1.82, 2.24) is 4.73 Å². The summed E-state index contributed by atoms with van der Waals surface area (Å²) in [6, 6.07) is 19.0. The van der Waals surface area contributed by atoms with E-state index in [0.717, 1.165) is 0 Å². The van der Waals surface area contributed by atoms with Gasteiger partial charge in [-0.2, -0.15) is 9.99 Å². The first-order valence-electron chi connectivity index (χ1n) is 9.04. The Balaban J connectivity index is 1.88. The highest BCUT2D eigenvalue weighted by molar-refractivity contribution is 6.17. The number of carbonyl (C=O) groups excluding carboxylic acids is 1. The normalized spacial score (nSPS) is 10.8. The molecule has 0 saturated heterocycles. The van der Waals surface area contributed by atoms with Crippen LogP contribution in [0.4, 0.5) is 0 Å². The van der Waals surface area contributed by atoms with Crippen molar-refractivity contribution in [2.24, 2.45) is 0 Å². The van der Waals surface area contributed by atoms with E-state index in [2.05, 4.69) is 0 Å². The second kappa shape index (κ2) is 9.26. The van der Waals surface area contributed by atoms with Crippen molar-refractivity contribution >= 4 is 11.5 Å². The molecule has 2 aromatic carbocycles. The Morgan fingerprint density at radius 2 is 1.80 bits per heavy atom. The smallest absolute Gasteiger partial charge is 0.338 e. The fraction of sp³-hybridized carbons (Fsp3) is 0.0870. The van der Waals surface area contributed by atoms with Gasteiger partial charge in [-0.15, -0.1) is 0 Å². The molecule has 0 amide bonds. The Labute approximate surface area is 173 Å². The number of carbonyl (C=O) groups is 1. The van der Waals surface area contributed by atoms with E-state index in [1.807, 2.05) is 6.07 Å². The molecular formula is C23H19N3O4. The summed E-state index contributed by atoms with van der Waals surface area (Å²) < 4.78 is 12.0. The number of nitriles is 1. The van der Waals surface area contributed by atoms with Crippen LogP contribution in [0.2, 0.25) is 0 Å². The summed E-state index contributed by atoms with van der Waals surface area (Å²) in [5.41, 5.74) is 1.33. The molecule has 1 aromatic heterocycles. The number of hydrogen-bond donors (Lipinski definition) is 1. The van der Waals surface area contributed by atoms with Gasteiger partial charge >= 0.3 is 5.97 Å². The van der Waals surface area contributed by atoms with Crippen LogP contribution >= 0.6 is 0 Å². The third kappa shape index (κ3) is 4.39. The second-order valence-corrected chi connectivity index (χ2v) is 6.06. The molecule has 0 unspecified atom stereocenters. The summed E-state index contributed by atoms with van der Waals surface area (Å²) in [4.78, 5) is 17.7. The topological polar surface area (TPSA) is 97.3 Å². The van der Waals surface area contributed by atoms with E-state index >= 15 is 0 Å². The molecule has 0 bridgehead atoms. The van der Waals surface area contributed by atoms with Crippen LogP contribution in [0.5, 0.6) is 17.2 Å². The Morgan fingerprint density at radius 3 is 2.47 bits per heavy atom. The first-order valence-corrected chi connectivity index (χ1v) is 9.04. The standard InChI is InChI=1S/C23H19N3O4/c1-3-18(23(27)28-2)19-9-5-7-11-21(19)29-17-12-13-26(22(25)14-17)30-20-10-6-4-8-16(20)15-24/h3-14,25H,1-2H3/b18-3+,25-22?. The number of allylic oxidation sites excluding steroid dienone is 1. The predicted octanol–water partition coefficient (Wildman–Crippen LogP) is 4.05. The Bertz CT molecular complexity index is 1210. The molecular weight excluding hydrogens is 382 g/mol. The summed E-state index contributed by atoms with van der Waals surface area (Å²) >= 11 is 0. The number of nitrogens with one attached hydrogen (secondary N) is 1. The van der Waals surface area contributed by atoms with Gasteiger partial charge in [0.25, 0.3) is 0 Å². The third-order valence-corrected chi connectivity index (χ3v) is 4.19. The van der Waals surface area contributed by atoms with Gasteiger partial charge in [0, 0.05) is 17.7 Å². The van der Waals surface area contributed by atoms with Gasteiger partial charge in [-0.3, -0.25) is 5.41 Å². The van der Waals surface area contributed by atoms with Crippen molar-refractivity contribution in [2.75, 3.05) is 7.11 Å². The first kappa shape index (κ1) is 20.4. The van der Waals surface area contributed by atoms with Gasteiger partial charge in [-0.25, -0.2) is 4.79 Å². The van der Waals surface area contributed by atoms with Crippen molar-refractivity contribution in [3.8, 4) is 23.3 Å². The van der Waals surface area contributed by atoms with E-state index in [1.165, 1.54) is 24.1 Å². The summed E-state index contributed by atoms with van der Waals surface area (Å²) in [6.07, 6.45) is 3.18. The van der Waals surface area contributed by atoms with Crippen molar-refractivity contribution in [2.45, 2.75) is 6.92 Å². The lowest BCUT2D eigenvalue weighted by Gasteiger charge is -2.14. The Kier molecular flexibility index (Phi) is 6.30. The van der Waals surface area contributed by atoms with Gasteiger partial charge in [0.05, 0.1) is 24.4 Å². The minimum absolute atomic E-state index is 0.0111. The highest BCUT2D eigenvalue weighted by Gasteiger charge is 2.16. The molecule has 0 saturated carbocycles. The highest BCUT2D eigenvalue weighted by Crippen LogP contribution is 2.30. The molecule has 1 N–H and O–H groups in total. The van der Waals surface area contributed by atoms with E-state index in [9.17, 15) is 10.1 Å². The zero-order chi connectivity index (χ0) is 21.5. The van der Waals surface area contributed by atoms with Gasteiger partial charge in [0.15, 0.2) is 11.2 Å². The zero-order valence-corrected chi connectivity index (χ0v) is 16.5. The van der Waals surface area contributed by atoms with Gasteiger partial charge in [0.2, 0.25) is 0 Å². The maximum Gasteiger partial charge on any atom is 0.338 e. The van der Waals surface area contributed by atoms with Crippen molar-refractivity contribution in [1.29, 1.82) is 10.7 Å². The van der Waals surface area contributed by atoms with E-state index in [-0.39, 0.29) is 5.49 Å². The molecule has 7 nitrogen and oxygen atoms in total. The van der Waals surface area contributed by atoms with E-state index < -0.39 is 5.97 Å². The lowest BCUT2D eigenvalue weighted by molar-refractivity contribution is -0.133. The molecule has 0 spiro atoms. The molecule has 150 valence electrons. The SMILES string of the molecule is C/C=C(/C(=O)OC)c1ccccc1Oc1ccn(Oc2ccccc2C#N)c(=N)c1. The number of methoxy groups -OCH3 is 1. The number of esters is 1. The number of rotatable bonds is 6. The van der Waals surface area contributed by atoms with Crippen molar-refractivity contribution in [3.05, 3.63) is 89.6 Å². The number of para-hydroxylation sites is 2. The van der Waals surface area contributed by atoms with Gasteiger partial charge in [0.1, 0.15) is 17.6 Å². The van der Waals surface area contributed by atoms with Gasteiger partial charge in [-0.1, -0.05) is 36.4 Å². The Morgan fingerprint density at radius 1 is 1.10 bits per heavy atom. The molecule has 0 aliphatic carbocycles.